The number of hydrogen-bond donors (Lipinski definition) is 1. The third-order valence-electron chi connectivity index (χ3n) is 4.14. The van der Waals surface area contributed by atoms with Gasteiger partial charge in [-0.1, -0.05) is 6.92 Å². The van der Waals surface area contributed by atoms with E-state index >= 15 is 0 Å². The van der Waals surface area contributed by atoms with Crippen LogP contribution in [0.4, 0.5) is 0 Å². The van der Waals surface area contributed by atoms with Gasteiger partial charge in [-0.3, -0.25) is 14.2 Å². The highest BCUT2D eigenvalue weighted by atomic mass is 16.5. The molecule has 7 heteroatoms. The summed E-state index contributed by atoms with van der Waals surface area (Å²) in [5, 5.41) is 19.9. The molecule has 0 bridgehead atoms. The molecule has 0 aliphatic heterocycles. The summed E-state index contributed by atoms with van der Waals surface area (Å²) < 4.78 is 11.4. The first-order chi connectivity index (χ1) is 13.0. The molecule has 0 atom stereocenters. The van der Waals surface area contributed by atoms with E-state index in [1.807, 2.05) is 13.0 Å². The van der Waals surface area contributed by atoms with Crippen LogP contribution in [0, 0.1) is 18.3 Å². The molecule has 0 saturated carbocycles. The van der Waals surface area contributed by atoms with Gasteiger partial charge in [-0.15, -0.1) is 0 Å². The van der Waals surface area contributed by atoms with Gasteiger partial charge in [0.05, 0.1) is 25.3 Å². The van der Waals surface area contributed by atoms with Crippen LogP contribution in [0.25, 0.3) is 0 Å². The van der Waals surface area contributed by atoms with Gasteiger partial charge in [0.1, 0.15) is 17.4 Å². The molecule has 1 heterocycles. The van der Waals surface area contributed by atoms with Crippen LogP contribution in [0.15, 0.2) is 29.1 Å². The fourth-order valence-corrected chi connectivity index (χ4v) is 2.68. The lowest BCUT2D eigenvalue weighted by molar-refractivity contribution is 0.103. The van der Waals surface area contributed by atoms with Crippen molar-refractivity contribution >= 4 is 5.78 Å². The number of ketones is 1. The summed E-state index contributed by atoms with van der Waals surface area (Å²) in [6.07, 6.45) is 0.869. The van der Waals surface area contributed by atoms with E-state index in [0.29, 0.717) is 17.9 Å². The maximum atomic E-state index is 13.0. The second-order valence-corrected chi connectivity index (χ2v) is 5.96. The first-order valence-electron chi connectivity index (χ1n) is 8.59. The molecule has 0 aliphatic carbocycles. The van der Waals surface area contributed by atoms with E-state index in [9.17, 15) is 20.0 Å². The molecule has 0 fully saturated rings. The van der Waals surface area contributed by atoms with Crippen molar-refractivity contribution in [1.29, 1.82) is 5.26 Å². The van der Waals surface area contributed by atoms with Gasteiger partial charge >= 0.3 is 0 Å². The molecule has 0 amide bonds. The molecule has 27 heavy (non-hydrogen) atoms. The maximum Gasteiger partial charge on any atom is 0.271 e. The SMILES string of the molecule is CCCOc1ccc(C(=O)c2c(C)c(C#N)c(=O)n(CCOC)c2O)cc1. The summed E-state index contributed by atoms with van der Waals surface area (Å²) in [7, 11) is 1.45. The van der Waals surface area contributed by atoms with E-state index in [0.717, 1.165) is 11.0 Å². The van der Waals surface area contributed by atoms with Crippen molar-refractivity contribution in [2.75, 3.05) is 20.3 Å². The lowest BCUT2D eigenvalue weighted by atomic mass is 9.97. The topological polar surface area (TPSA) is 102 Å². The number of carbonyl (C=O) groups is 1. The number of aromatic nitrogens is 1. The number of aromatic hydroxyl groups is 1. The smallest absolute Gasteiger partial charge is 0.271 e. The summed E-state index contributed by atoms with van der Waals surface area (Å²) in [6.45, 7) is 4.23. The standard InChI is InChI=1S/C20H22N2O5/c1-4-10-27-15-7-5-14(6-8-15)18(23)17-13(2)16(12-21)19(24)22(20(17)25)9-11-26-3/h5-8,25H,4,9-11H2,1-3H3. The lowest BCUT2D eigenvalue weighted by Gasteiger charge is -2.15. The second-order valence-electron chi connectivity index (χ2n) is 5.96. The molecule has 7 nitrogen and oxygen atoms in total. The van der Waals surface area contributed by atoms with Gasteiger partial charge in [0.25, 0.3) is 5.56 Å². The van der Waals surface area contributed by atoms with Crippen LogP contribution in [0.3, 0.4) is 0 Å². The van der Waals surface area contributed by atoms with E-state index in [4.69, 9.17) is 9.47 Å². The van der Waals surface area contributed by atoms with Crippen LogP contribution in [-0.4, -0.2) is 35.8 Å². The molecule has 0 aliphatic rings. The fraction of sp³-hybridized carbons (Fsp3) is 0.350. The van der Waals surface area contributed by atoms with Gasteiger partial charge in [-0.05, 0) is 43.2 Å². The number of nitrogens with zero attached hydrogens (tertiary/aromatic N) is 2. The third kappa shape index (κ3) is 4.18. The fourth-order valence-electron chi connectivity index (χ4n) is 2.68. The molecule has 2 rings (SSSR count). The normalized spacial score (nSPS) is 10.4. The van der Waals surface area contributed by atoms with Crippen molar-refractivity contribution in [1.82, 2.24) is 4.57 Å². The van der Waals surface area contributed by atoms with Crippen molar-refractivity contribution in [3.63, 3.8) is 0 Å². The average molecular weight is 370 g/mol. The van der Waals surface area contributed by atoms with E-state index in [-0.39, 0.29) is 29.8 Å². The van der Waals surface area contributed by atoms with Gasteiger partial charge in [0.15, 0.2) is 5.78 Å². The largest absolute Gasteiger partial charge is 0.494 e. The molecule has 142 valence electrons. The Balaban J connectivity index is 2.52. The Morgan fingerprint density at radius 3 is 2.48 bits per heavy atom. The van der Waals surface area contributed by atoms with E-state index < -0.39 is 17.2 Å². The van der Waals surface area contributed by atoms with Gasteiger partial charge in [-0.25, -0.2) is 0 Å². The van der Waals surface area contributed by atoms with Gasteiger partial charge < -0.3 is 14.6 Å². The van der Waals surface area contributed by atoms with Crippen LogP contribution >= 0.6 is 0 Å². The van der Waals surface area contributed by atoms with Crippen LogP contribution in [0.1, 0.15) is 40.4 Å². The highest BCUT2D eigenvalue weighted by molar-refractivity contribution is 6.11. The van der Waals surface area contributed by atoms with E-state index in [2.05, 4.69) is 0 Å². The number of methoxy groups -OCH3 is 1. The minimum absolute atomic E-state index is 0.0280. The summed E-state index contributed by atoms with van der Waals surface area (Å²) >= 11 is 0. The van der Waals surface area contributed by atoms with Crippen LogP contribution in [0.5, 0.6) is 11.6 Å². The number of carbonyl (C=O) groups excluding carboxylic acids is 1. The molecule has 0 spiro atoms. The zero-order valence-corrected chi connectivity index (χ0v) is 15.6. The van der Waals surface area contributed by atoms with Gasteiger partial charge in [-0.2, -0.15) is 5.26 Å². The van der Waals surface area contributed by atoms with Crippen LogP contribution in [-0.2, 0) is 11.3 Å². The average Bonchev–Trinajstić information content (AvgIpc) is 2.67. The number of benzene rings is 1. The van der Waals surface area contributed by atoms with Crippen LogP contribution < -0.4 is 10.3 Å². The van der Waals surface area contributed by atoms with Gasteiger partial charge in [0, 0.05) is 12.7 Å². The molecular weight excluding hydrogens is 348 g/mol. The molecule has 0 unspecified atom stereocenters. The predicted molar refractivity (Wildman–Crippen MR) is 99.4 cm³/mol. The maximum absolute atomic E-state index is 13.0. The van der Waals surface area contributed by atoms with Crippen molar-refractivity contribution in [2.24, 2.45) is 0 Å². The molecule has 2 aromatic rings. The highest BCUT2D eigenvalue weighted by Crippen LogP contribution is 2.25. The Morgan fingerprint density at radius 2 is 1.93 bits per heavy atom. The van der Waals surface area contributed by atoms with Crippen molar-refractivity contribution in [2.45, 2.75) is 26.8 Å². The highest BCUT2D eigenvalue weighted by Gasteiger charge is 2.24. The zero-order chi connectivity index (χ0) is 20.0. The van der Waals surface area contributed by atoms with Crippen molar-refractivity contribution in [3.05, 3.63) is 56.9 Å². The Labute approximate surface area is 157 Å². The second kappa shape index (κ2) is 9.01. The van der Waals surface area contributed by atoms with Crippen LogP contribution in [0.2, 0.25) is 0 Å². The summed E-state index contributed by atoms with van der Waals surface area (Å²) in [5.74, 6) is -0.309. The van der Waals surface area contributed by atoms with Crippen molar-refractivity contribution < 1.29 is 19.4 Å². The number of ether oxygens (including phenoxy) is 2. The Hall–Kier alpha value is -3.11. The quantitative estimate of drug-likeness (QED) is 0.716. The first kappa shape index (κ1) is 20.2. The van der Waals surface area contributed by atoms with E-state index in [1.54, 1.807) is 24.3 Å². The molecule has 0 saturated heterocycles. The Bertz CT molecular complexity index is 923. The van der Waals surface area contributed by atoms with E-state index in [1.165, 1.54) is 14.0 Å². The molecule has 1 aromatic carbocycles. The van der Waals surface area contributed by atoms with Crippen molar-refractivity contribution in [3.8, 4) is 17.7 Å². The Morgan fingerprint density at radius 1 is 1.26 bits per heavy atom. The Kier molecular flexibility index (Phi) is 6.74. The van der Waals surface area contributed by atoms with Gasteiger partial charge in [0.2, 0.25) is 5.88 Å². The minimum atomic E-state index is -0.649. The number of hydrogen-bond acceptors (Lipinski definition) is 6. The lowest BCUT2D eigenvalue weighted by Crippen LogP contribution is -2.28. The summed E-state index contributed by atoms with van der Waals surface area (Å²) in [6, 6.07) is 8.34. The number of rotatable bonds is 8. The number of nitriles is 1. The minimum Gasteiger partial charge on any atom is -0.494 e. The molecule has 0 radical (unpaired) electrons. The monoisotopic (exact) mass is 370 g/mol. The zero-order valence-electron chi connectivity index (χ0n) is 15.6. The molecule has 1 aromatic heterocycles. The predicted octanol–water partition coefficient (Wildman–Crippen LogP) is 2.40. The number of pyridine rings is 1. The summed E-state index contributed by atoms with van der Waals surface area (Å²) in [5.41, 5.74) is -0.410. The molecular formula is C20H22N2O5. The summed E-state index contributed by atoms with van der Waals surface area (Å²) in [4.78, 5) is 25.4. The third-order valence-corrected chi connectivity index (χ3v) is 4.14. The molecule has 1 N–H and O–H groups in total. The first-order valence-corrected chi connectivity index (χ1v) is 8.59.